The second-order valence-corrected chi connectivity index (χ2v) is 15.6. The Morgan fingerprint density at radius 1 is 0.393 bits per heavy atom. The van der Waals surface area contributed by atoms with Crippen molar-refractivity contribution in [2.45, 2.75) is 0 Å². The molecule has 0 saturated carbocycles. The van der Waals surface area contributed by atoms with E-state index in [2.05, 4.69) is 193 Å². The highest BCUT2D eigenvalue weighted by Crippen LogP contribution is 2.42. The molecule has 0 N–H and O–H groups in total. The van der Waals surface area contributed by atoms with E-state index in [9.17, 15) is 0 Å². The fraction of sp³-hybridized carbons (Fsp3) is 0. The number of fused-ring (bicyclic) bond motifs is 10. The summed E-state index contributed by atoms with van der Waals surface area (Å²) in [5.41, 5.74) is 9.98. The number of benzene rings is 9. The van der Waals surface area contributed by atoms with Gasteiger partial charge in [0.2, 0.25) is 5.95 Å². The maximum absolute atomic E-state index is 5.38. The van der Waals surface area contributed by atoms with E-state index in [1.807, 2.05) is 11.3 Å². The van der Waals surface area contributed by atoms with Crippen LogP contribution in [0.2, 0.25) is 0 Å². The van der Waals surface area contributed by atoms with E-state index in [4.69, 9.17) is 9.97 Å². The van der Waals surface area contributed by atoms with Crippen LogP contribution in [0.1, 0.15) is 0 Å². The maximum atomic E-state index is 5.38. The molecule has 0 aliphatic rings. The smallest absolute Gasteiger partial charge is 0.235 e. The van der Waals surface area contributed by atoms with Gasteiger partial charge in [-0.15, -0.1) is 11.3 Å². The van der Waals surface area contributed by atoms with Gasteiger partial charge in [0.1, 0.15) is 0 Å². The van der Waals surface area contributed by atoms with E-state index >= 15 is 0 Å². The van der Waals surface area contributed by atoms with Gasteiger partial charge in [0.25, 0.3) is 0 Å². The molecule has 0 radical (unpaired) electrons. The zero-order chi connectivity index (χ0) is 36.7. The minimum atomic E-state index is 0.665. The Labute approximate surface area is 326 Å². The lowest BCUT2D eigenvalue weighted by molar-refractivity contribution is 1.01. The van der Waals surface area contributed by atoms with E-state index in [0.29, 0.717) is 5.95 Å². The largest absolute Gasteiger partial charge is 0.278 e. The van der Waals surface area contributed by atoms with E-state index in [1.54, 1.807) is 0 Å². The number of para-hydroxylation sites is 2. The molecule has 0 aliphatic carbocycles. The van der Waals surface area contributed by atoms with Crippen molar-refractivity contribution in [1.82, 2.24) is 14.5 Å². The molecule has 0 spiro atoms. The van der Waals surface area contributed by atoms with E-state index < -0.39 is 0 Å². The van der Waals surface area contributed by atoms with E-state index in [1.165, 1.54) is 74.7 Å². The minimum Gasteiger partial charge on any atom is -0.278 e. The van der Waals surface area contributed by atoms with Crippen LogP contribution in [0.4, 0.5) is 0 Å². The van der Waals surface area contributed by atoms with Gasteiger partial charge in [-0.3, -0.25) is 4.57 Å². The van der Waals surface area contributed by atoms with Gasteiger partial charge in [0.15, 0.2) is 0 Å². The van der Waals surface area contributed by atoms with Crippen molar-refractivity contribution in [3.8, 4) is 39.5 Å². The number of hydrogen-bond acceptors (Lipinski definition) is 3. The molecule has 0 fully saturated rings. The Balaban J connectivity index is 1.02. The molecule has 12 rings (SSSR count). The lowest BCUT2D eigenvalue weighted by Crippen LogP contribution is -2.03. The third-order valence-electron chi connectivity index (χ3n) is 11.4. The number of aromatic nitrogens is 3. The van der Waals surface area contributed by atoms with Crippen molar-refractivity contribution in [1.29, 1.82) is 0 Å². The van der Waals surface area contributed by atoms with Crippen LogP contribution in [-0.4, -0.2) is 14.5 Å². The van der Waals surface area contributed by atoms with Crippen LogP contribution in [0.3, 0.4) is 0 Å². The van der Waals surface area contributed by atoms with Gasteiger partial charge in [-0.25, -0.2) is 9.97 Å². The molecule has 0 saturated heterocycles. The molecule has 0 amide bonds. The highest BCUT2D eigenvalue weighted by Gasteiger charge is 2.19. The summed E-state index contributed by atoms with van der Waals surface area (Å²) in [5.74, 6) is 0.665. The fourth-order valence-corrected chi connectivity index (χ4v) is 9.96. The number of thiophene rings is 1. The Hall–Kier alpha value is -7.14. The normalized spacial score (nSPS) is 11.9. The molecular formula is C52H31N3S. The Bertz CT molecular complexity index is 3540. The summed E-state index contributed by atoms with van der Waals surface area (Å²) >= 11 is 1.88. The van der Waals surface area contributed by atoms with Gasteiger partial charge in [0, 0.05) is 41.9 Å². The van der Waals surface area contributed by atoms with E-state index in [-0.39, 0.29) is 0 Å². The first-order valence-electron chi connectivity index (χ1n) is 19.0. The van der Waals surface area contributed by atoms with Gasteiger partial charge in [0.05, 0.1) is 22.2 Å². The van der Waals surface area contributed by atoms with Crippen molar-refractivity contribution in [2.75, 3.05) is 0 Å². The summed E-state index contributed by atoms with van der Waals surface area (Å²) in [6.07, 6.45) is 0. The average molecular weight is 730 g/mol. The Morgan fingerprint density at radius 3 is 1.98 bits per heavy atom. The minimum absolute atomic E-state index is 0.665. The average Bonchev–Trinajstić information content (AvgIpc) is 3.82. The molecule has 9 aromatic carbocycles. The molecule has 260 valence electrons. The SMILES string of the molecule is c1ccc2cc(-c3nc(-n4c5ccccc5c5c6cc(-c7ccc(-c8cccc9c8sc8ccccc89)cc7)ccc6ccc54)nc4ccccc34)ccc2c1. The van der Waals surface area contributed by atoms with Gasteiger partial charge in [-0.05, 0) is 80.2 Å². The lowest BCUT2D eigenvalue weighted by atomic mass is 9.96. The molecule has 3 heterocycles. The van der Waals surface area contributed by atoms with E-state index in [0.717, 1.165) is 33.2 Å². The summed E-state index contributed by atoms with van der Waals surface area (Å²) in [7, 11) is 0. The lowest BCUT2D eigenvalue weighted by Gasteiger charge is -2.12. The summed E-state index contributed by atoms with van der Waals surface area (Å²) in [5, 5.41) is 10.9. The highest BCUT2D eigenvalue weighted by atomic mass is 32.1. The molecule has 12 aromatic rings. The predicted molar refractivity (Wildman–Crippen MR) is 238 cm³/mol. The third-order valence-corrected chi connectivity index (χ3v) is 12.6. The quantitative estimate of drug-likeness (QED) is 0.181. The van der Waals surface area contributed by atoms with Crippen LogP contribution in [0, 0.1) is 0 Å². The number of hydrogen-bond donors (Lipinski definition) is 0. The van der Waals surface area contributed by atoms with Crippen LogP contribution in [0.15, 0.2) is 188 Å². The van der Waals surface area contributed by atoms with Crippen molar-refractivity contribution in [2.24, 2.45) is 0 Å². The zero-order valence-electron chi connectivity index (χ0n) is 30.1. The molecule has 0 unspecified atom stereocenters. The molecule has 56 heavy (non-hydrogen) atoms. The predicted octanol–water partition coefficient (Wildman–Crippen LogP) is 14.4. The molecule has 0 bridgehead atoms. The van der Waals surface area contributed by atoms with Crippen molar-refractivity contribution < 1.29 is 0 Å². The van der Waals surface area contributed by atoms with Crippen molar-refractivity contribution in [3.05, 3.63) is 188 Å². The zero-order valence-corrected chi connectivity index (χ0v) is 31.0. The first kappa shape index (κ1) is 31.2. The topological polar surface area (TPSA) is 30.7 Å². The molecular weight excluding hydrogens is 699 g/mol. The summed E-state index contributed by atoms with van der Waals surface area (Å²) in [6, 6.07) is 67.9. The van der Waals surface area contributed by atoms with Crippen LogP contribution < -0.4 is 0 Å². The van der Waals surface area contributed by atoms with Crippen molar-refractivity contribution >= 4 is 85.8 Å². The Kier molecular flexibility index (Phi) is 6.80. The van der Waals surface area contributed by atoms with Gasteiger partial charge in [-0.2, -0.15) is 0 Å². The first-order chi connectivity index (χ1) is 27.7. The Morgan fingerprint density at radius 2 is 1.07 bits per heavy atom. The standard InChI is InChI=1S/C52H31N3S/c1-2-11-36-30-38(27-22-32(36)10-1)50-42-13-3-6-17-45(42)53-52(54-50)55-46-18-7-4-14-43(46)49-44-31-37(26-25-35(44)28-29-47(49)55)33-20-23-34(24-21-33)39-15-9-16-41-40-12-5-8-19-48(40)56-51(39)41/h1-31H. The van der Waals surface area contributed by atoms with Gasteiger partial charge < -0.3 is 0 Å². The molecule has 4 heteroatoms. The molecule has 3 aromatic heterocycles. The summed E-state index contributed by atoms with van der Waals surface area (Å²) in [4.78, 5) is 10.6. The van der Waals surface area contributed by atoms with Crippen LogP contribution in [-0.2, 0) is 0 Å². The van der Waals surface area contributed by atoms with Gasteiger partial charge in [-0.1, -0.05) is 152 Å². The number of nitrogens with zero attached hydrogens (tertiary/aromatic N) is 3. The van der Waals surface area contributed by atoms with Gasteiger partial charge >= 0.3 is 0 Å². The second kappa shape index (κ2) is 12.2. The molecule has 0 atom stereocenters. The highest BCUT2D eigenvalue weighted by molar-refractivity contribution is 7.26. The second-order valence-electron chi connectivity index (χ2n) is 14.6. The fourth-order valence-electron chi connectivity index (χ4n) is 8.72. The third kappa shape index (κ3) is 4.76. The summed E-state index contributed by atoms with van der Waals surface area (Å²) in [6.45, 7) is 0. The molecule has 0 aliphatic heterocycles. The monoisotopic (exact) mass is 729 g/mol. The first-order valence-corrected chi connectivity index (χ1v) is 19.8. The number of rotatable bonds is 4. The maximum Gasteiger partial charge on any atom is 0.235 e. The van der Waals surface area contributed by atoms with Crippen LogP contribution >= 0.6 is 11.3 Å². The molecule has 3 nitrogen and oxygen atoms in total. The van der Waals surface area contributed by atoms with Crippen LogP contribution in [0.25, 0.3) is 114 Å². The summed E-state index contributed by atoms with van der Waals surface area (Å²) < 4.78 is 4.91. The van der Waals surface area contributed by atoms with Crippen LogP contribution in [0.5, 0.6) is 0 Å². The van der Waals surface area contributed by atoms with Crippen molar-refractivity contribution in [3.63, 3.8) is 0 Å².